The lowest BCUT2D eigenvalue weighted by atomic mass is 9.92. The number of rotatable bonds is 8. The lowest BCUT2D eigenvalue weighted by molar-refractivity contribution is 0.592. The maximum Gasteiger partial charge on any atom is 0.171 e. The van der Waals surface area contributed by atoms with Crippen LogP contribution in [0.3, 0.4) is 0 Å². The van der Waals surface area contributed by atoms with Crippen LogP contribution in [0.4, 0.5) is 0 Å². The molecular weight excluding hydrogens is 766 g/mol. The van der Waals surface area contributed by atoms with Gasteiger partial charge in [-0.15, -0.1) is 0 Å². The van der Waals surface area contributed by atoms with Crippen LogP contribution in [0, 0.1) is 0 Å². The van der Waals surface area contributed by atoms with E-state index in [0.717, 1.165) is 105 Å². The average Bonchev–Trinajstić information content (AvgIpc) is 3.74. The highest BCUT2D eigenvalue weighted by Crippen LogP contribution is 2.45. The zero-order valence-electron chi connectivity index (χ0n) is 32.9. The fourth-order valence-electron chi connectivity index (χ4n) is 8.53. The van der Waals surface area contributed by atoms with Crippen LogP contribution in [0.25, 0.3) is 88.9 Å². The van der Waals surface area contributed by atoms with Gasteiger partial charge in [0, 0.05) is 44.5 Å². The van der Waals surface area contributed by atoms with Crippen molar-refractivity contribution in [1.29, 1.82) is 0 Å². The molecule has 11 rings (SSSR count). The summed E-state index contributed by atoms with van der Waals surface area (Å²) in [7, 11) is -3.12. The Bertz CT molecular complexity index is 3310. The van der Waals surface area contributed by atoms with Crippen molar-refractivity contribution in [1.82, 2.24) is 15.0 Å². The van der Waals surface area contributed by atoms with Gasteiger partial charge in [-0.3, -0.25) is 9.97 Å². The minimum Gasteiger partial charge on any atom is -0.455 e. The number of nitrogens with zero attached hydrogens (tertiary/aromatic N) is 3. The summed E-state index contributed by atoms with van der Waals surface area (Å²) >= 11 is 0. The van der Waals surface area contributed by atoms with Crippen LogP contribution in [-0.4, -0.2) is 15.0 Å². The Balaban J connectivity index is 1.02. The van der Waals surface area contributed by atoms with Crippen LogP contribution >= 0.6 is 7.14 Å². The lowest BCUT2D eigenvalue weighted by Crippen LogP contribution is -2.24. The van der Waals surface area contributed by atoms with Crippen LogP contribution in [0.1, 0.15) is 0 Å². The number of furan rings is 1. The molecule has 0 radical (unpaired) electrons. The number of hydrogen-bond acceptors (Lipinski definition) is 5. The summed E-state index contributed by atoms with van der Waals surface area (Å²) < 4.78 is 21.9. The SMILES string of the molecule is O=P(c1ccccc1)(c1ccccc1)c1ccc(-c2cccc3oc4c5ccccc5c(-c5ccc(-c6cc(-c7ccccn7)nc(-c7ccccn7)c6)cc5)cc4c23)cc1. The van der Waals surface area contributed by atoms with Gasteiger partial charge < -0.3 is 8.98 Å². The molecule has 0 aliphatic carbocycles. The molecule has 0 bridgehead atoms. The van der Waals surface area contributed by atoms with Crippen molar-refractivity contribution in [3.8, 4) is 56.2 Å². The second-order valence-electron chi connectivity index (χ2n) is 15.1. The van der Waals surface area contributed by atoms with Gasteiger partial charge in [0.25, 0.3) is 0 Å². The number of aromatic nitrogens is 3. The Labute approximate surface area is 353 Å². The molecule has 0 saturated heterocycles. The van der Waals surface area contributed by atoms with Crippen molar-refractivity contribution < 1.29 is 8.98 Å². The number of benzene rings is 7. The minimum atomic E-state index is -3.12. The molecule has 0 amide bonds. The Morgan fingerprint density at radius 2 is 0.902 bits per heavy atom. The van der Waals surface area contributed by atoms with Gasteiger partial charge >= 0.3 is 0 Å². The smallest absolute Gasteiger partial charge is 0.171 e. The molecule has 61 heavy (non-hydrogen) atoms. The molecule has 0 saturated carbocycles. The van der Waals surface area contributed by atoms with Gasteiger partial charge in [-0.2, -0.15) is 0 Å². The van der Waals surface area contributed by atoms with Crippen molar-refractivity contribution in [2.45, 2.75) is 0 Å². The molecule has 0 aliphatic rings. The second-order valence-corrected chi connectivity index (χ2v) is 17.9. The van der Waals surface area contributed by atoms with Crippen LogP contribution in [0.5, 0.6) is 0 Å². The van der Waals surface area contributed by atoms with Gasteiger partial charge in [0.1, 0.15) is 11.2 Å². The van der Waals surface area contributed by atoms with E-state index in [0.29, 0.717) is 0 Å². The predicted octanol–water partition coefficient (Wildman–Crippen LogP) is 12.9. The highest BCUT2D eigenvalue weighted by atomic mass is 31.2. The average molecular weight is 802 g/mol. The molecule has 6 heteroatoms. The first-order valence-corrected chi connectivity index (χ1v) is 22.0. The molecule has 5 nitrogen and oxygen atoms in total. The lowest BCUT2D eigenvalue weighted by Gasteiger charge is -2.20. The van der Waals surface area contributed by atoms with E-state index in [1.54, 1.807) is 12.4 Å². The predicted molar refractivity (Wildman–Crippen MR) is 251 cm³/mol. The van der Waals surface area contributed by atoms with E-state index in [1.165, 1.54) is 0 Å². The highest BCUT2D eigenvalue weighted by molar-refractivity contribution is 7.85. The van der Waals surface area contributed by atoms with E-state index in [4.69, 9.17) is 9.40 Å². The molecule has 0 aliphatic heterocycles. The molecule has 288 valence electrons. The molecule has 0 atom stereocenters. The standard InChI is InChI=1S/C55H36N3O2P/c59-61(41-14-3-1-4-15-41,42-16-5-2-6-17-42)43-30-28-38(29-31-43)44-20-13-23-53-54(44)48-36-47(45-18-7-8-19-46(45)55(48)60-53)39-26-24-37(25-27-39)40-34-51(49-21-9-11-32-56-49)58-52(35-40)50-22-10-12-33-57-50/h1-36H. The van der Waals surface area contributed by atoms with Gasteiger partial charge in [0.2, 0.25) is 0 Å². The summed E-state index contributed by atoms with van der Waals surface area (Å²) in [5.74, 6) is 0. The van der Waals surface area contributed by atoms with Gasteiger partial charge in [-0.05, 0) is 87.3 Å². The van der Waals surface area contributed by atoms with Gasteiger partial charge in [-0.1, -0.05) is 158 Å². The van der Waals surface area contributed by atoms with Crippen molar-refractivity contribution in [3.63, 3.8) is 0 Å². The van der Waals surface area contributed by atoms with E-state index in [1.807, 2.05) is 121 Å². The van der Waals surface area contributed by atoms with Crippen molar-refractivity contribution in [2.24, 2.45) is 0 Å². The van der Waals surface area contributed by atoms with Crippen LogP contribution in [-0.2, 0) is 4.57 Å². The maximum absolute atomic E-state index is 15.1. The van der Waals surface area contributed by atoms with Gasteiger partial charge in [-0.25, -0.2) is 4.98 Å². The molecule has 7 aromatic carbocycles. The zero-order chi connectivity index (χ0) is 40.8. The normalized spacial score (nSPS) is 11.7. The Morgan fingerprint density at radius 3 is 1.51 bits per heavy atom. The third-order valence-electron chi connectivity index (χ3n) is 11.5. The summed E-state index contributed by atoms with van der Waals surface area (Å²) in [6, 6.07) is 69.5. The summed E-state index contributed by atoms with van der Waals surface area (Å²) in [5.41, 5.74) is 11.3. The van der Waals surface area contributed by atoms with E-state index in [9.17, 15) is 0 Å². The van der Waals surface area contributed by atoms with Crippen molar-refractivity contribution >= 4 is 55.8 Å². The summed E-state index contributed by atoms with van der Waals surface area (Å²) in [5, 5.41) is 6.68. The maximum atomic E-state index is 15.1. The highest BCUT2D eigenvalue weighted by Gasteiger charge is 2.29. The van der Waals surface area contributed by atoms with Crippen LogP contribution in [0.15, 0.2) is 223 Å². The number of fused-ring (bicyclic) bond motifs is 5. The van der Waals surface area contributed by atoms with Gasteiger partial charge in [0.05, 0.1) is 22.8 Å². The molecule has 0 unspecified atom stereocenters. The summed E-state index contributed by atoms with van der Waals surface area (Å²) in [6.45, 7) is 0. The Kier molecular flexibility index (Phi) is 9.03. The molecule has 0 fully saturated rings. The first-order valence-electron chi connectivity index (χ1n) is 20.3. The first kappa shape index (κ1) is 36.4. The van der Waals surface area contributed by atoms with E-state index in [2.05, 4.69) is 94.9 Å². The fourth-order valence-corrected chi connectivity index (χ4v) is 11.2. The third kappa shape index (κ3) is 6.44. The zero-order valence-corrected chi connectivity index (χ0v) is 33.8. The second kappa shape index (κ2) is 15.1. The van der Waals surface area contributed by atoms with Crippen LogP contribution < -0.4 is 15.9 Å². The van der Waals surface area contributed by atoms with E-state index in [-0.39, 0.29) is 0 Å². The molecule has 4 heterocycles. The molecule has 0 spiro atoms. The molecule has 11 aromatic rings. The monoisotopic (exact) mass is 801 g/mol. The summed E-state index contributed by atoms with van der Waals surface area (Å²) in [6.07, 6.45) is 3.58. The van der Waals surface area contributed by atoms with Gasteiger partial charge in [0.15, 0.2) is 7.14 Å². The third-order valence-corrected chi connectivity index (χ3v) is 14.6. The van der Waals surface area contributed by atoms with E-state index >= 15 is 4.57 Å². The number of hydrogen-bond donors (Lipinski definition) is 0. The number of pyridine rings is 3. The largest absolute Gasteiger partial charge is 0.455 e. The first-order chi connectivity index (χ1) is 30.1. The van der Waals surface area contributed by atoms with Crippen LogP contribution in [0.2, 0.25) is 0 Å². The molecular formula is C55H36N3O2P. The molecule has 0 N–H and O–H groups in total. The topological polar surface area (TPSA) is 68.9 Å². The van der Waals surface area contributed by atoms with Crippen molar-refractivity contribution in [2.75, 3.05) is 0 Å². The minimum absolute atomic E-state index is 0.790. The van der Waals surface area contributed by atoms with Crippen molar-refractivity contribution in [3.05, 3.63) is 219 Å². The Morgan fingerprint density at radius 1 is 0.377 bits per heavy atom. The molecule has 4 aromatic heterocycles. The quantitative estimate of drug-likeness (QED) is 0.143. The van der Waals surface area contributed by atoms with E-state index < -0.39 is 7.14 Å². The fraction of sp³-hybridized carbons (Fsp3) is 0. The Hall–Kier alpha value is -7.72. The summed E-state index contributed by atoms with van der Waals surface area (Å²) in [4.78, 5) is 14.2.